The number of hydrogen-bond donors (Lipinski definition) is 1. The SMILES string of the molecule is CC(C)CN(C)C(=O)CCC1Cc2ccccc2NC1=O. The average molecular weight is 288 g/mol. The molecule has 1 N–H and O–H groups in total. The van der Waals surface area contributed by atoms with E-state index in [0.29, 0.717) is 18.8 Å². The van der Waals surface area contributed by atoms with E-state index in [1.807, 2.05) is 31.3 Å². The van der Waals surface area contributed by atoms with Gasteiger partial charge in [-0.15, -0.1) is 0 Å². The van der Waals surface area contributed by atoms with Gasteiger partial charge in [0.2, 0.25) is 11.8 Å². The Kier molecular flexibility index (Phi) is 4.99. The minimum absolute atomic E-state index is 0.0352. The summed E-state index contributed by atoms with van der Waals surface area (Å²) >= 11 is 0. The smallest absolute Gasteiger partial charge is 0.227 e. The number of para-hydroxylation sites is 1. The van der Waals surface area contributed by atoms with Crippen LogP contribution in [0.5, 0.6) is 0 Å². The van der Waals surface area contributed by atoms with Crippen molar-refractivity contribution in [2.45, 2.75) is 33.1 Å². The number of rotatable bonds is 5. The Morgan fingerprint density at radius 2 is 2.10 bits per heavy atom. The van der Waals surface area contributed by atoms with E-state index in [9.17, 15) is 9.59 Å². The number of nitrogens with one attached hydrogen (secondary N) is 1. The molecule has 0 saturated carbocycles. The molecule has 1 aliphatic heterocycles. The molecule has 1 aromatic rings. The third kappa shape index (κ3) is 4.06. The van der Waals surface area contributed by atoms with Gasteiger partial charge in [-0.1, -0.05) is 32.0 Å². The Morgan fingerprint density at radius 1 is 1.38 bits per heavy atom. The zero-order chi connectivity index (χ0) is 15.4. The maximum absolute atomic E-state index is 12.1. The molecule has 0 radical (unpaired) electrons. The van der Waals surface area contributed by atoms with Gasteiger partial charge in [0.15, 0.2) is 0 Å². The molecule has 0 fully saturated rings. The van der Waals surface area contributed by atoms with E-state index in [4.69, 9.17) is 0 Å². The van der Waals surface area contributed by atoms with E-state index in [1.54, 1.807) is 4.90 Å². The highest BCUT2D eigenvalue weighted by molar-refractivity contribution is 5.96. The summed E-state index contributed by atoms with van der Waals surface area (Å²) in [6.45, 7) is 4.95. The zero-order valence-corrected chi connectivity index (χ0v) is 13.1. The fraction of sp³-hybridized carbons (Fsp3) is 0.529. The van der Waals surface area contributed by atoms with E-state index in [1.165, 1.54) is 0 Å². The van der Waals surface area contributed by atoms with Crippen LogP contribution in [0.3, 0.4) is 0 Å². The number of benzene rings is 1. The molecule has 21 heavy (non-hydrogen) atoms. The molecule has 1 unspecified atom stereocenters. The predicted octanol–water partition coefficient (Wildman–Crippen LogP) is 2.69. The van der Waals surface area contributed by atoms with Crippen molar-refractivity contribution in [3.05, 3.63) is 29.8 Å². The summed E-state index contributed by atoms with van der Waals surface area (Å²) in [6.07, 6.45) is 1.77. The molecule has 4 nitrogen and oxygen atoms in total. The number of nitrogens with zero attached hydrogens (tertiary/aromatic N) is 1. The highest BCUT2D eigenvalue weighted by Crippen LogP contribution is 2.27. The van der Waals surface area contributed by atoms with E-state index in [-0.39, 0.29) is 17.7 Å². The molecule has 0 bridgehead atoms. The monoisotopic (exact) mass is 288 g/mol. The second-order valence-electron chi connectivity index (χ2n) is 6.25. The van der Waals surface area contributed by atoms with Crippen LogP contribution >= 0.6 is 0 Å². The fourth-order valence-electron chi connectivity index (χ4n) is 2.78. The van der Waals surface area contributed by atoms with Crippen molar-refractivity contribution in [1.29, 1.82) is 0 Å². The molecule has 4 heteroatoms. The van der Waals surface area contributed by atoms with Crippen molar-refractivity contribution in [3.8, 4) is 0 Å². The van der Waals surface area contributed by atoms with Crippen LogP contribution in [0.4, 0.5) is 5.69 Å². The van der Waals surface area contributed by atoms with Crippen molar-refractivity contribution in [2.24, 2.45) is 11.8 Å². The van der Waals surface area contributed by atoms with Crippen LogP contribution in [-0.2, 0) is 16.0 Å². The third-order valence-electron chi connectivity index (χ3n) is 3.88. The van der Waals surface area contributed by atoms with Gasteiger partial charge < -0.3 is 10.2 Å². The first-order valence-electron chi connectivity index (χ1n) is 7.60. The van der Waals surface area contributed by atoms with E-state index in [0.717, 1.165) is 24.2 Å². The molecule has 2 rings (SSSR count). The molecule has 1 aromatic carbocycles. The number of fused-ring (bicyclic) bond motifs is 1. The van der Waals surface area contributed by atoms with Crippen LogP contribution in [-0.4, -0.2) is 30.3 Å². The van der Waals surface area contributed by atoms with Gasteiger partial charge in [0, 0.05) is 31.6 Å². The van der Waals surface area contributed by atoms with Crippen molar-refractivity contribution in [3.63, 3.8) is 0 Å². The molecule has 0 aliphatic carbocycles. The van der Waals surface area contributed by atoms with Crippen LogP contribution in [0, 0.1) is 11.8 Å². The van der Waals surface area contributed by atoms with Crippen LogP contribution in [0.2, 0.25) is 0 Å². The van der Waals surface area contributed by atoms with Crippen molar-refractivity contribution in [2.75, 3.05) is 18.9 Å². The molecule has 114 valence electrons. The van der Waals surface area contributed by atoms with Gasteiger partial charge in [0.1, 0.15) is 0 Å². The van der Waals surface area contributed by atoms with Gasteiger partial charge in [-0.3, -0.25) is 9.59 Å². The normalized spacial score (nSPS) is 17.3. The summed E-state index contributed by atoms with van der Waals surface area (Å²) in [4.78, 5) is 25.9. The summed E-state index contributed by atoms with van der Waals surface area (Å²) in [7, 11) is 1.83. The predicted molar refractivity (Wildman–Crippen MR) is 84.0 cm³/mol. The van der Waals surface area contributed by atoms with E-state index >= 15 is 0 Å². The average Bonchev–Trinajstić information content (AvgIpc) is 2.43. The van der Waals surface area contributed by atoms with E-state index < -0.39 is 0 Å². The minimum atomic E-state index is -0.101. The van der Waals surface area contributed by atoms with Gasteiger partial charge in [0.05, 0.1) is 0 Å². The third-order valence-corrected chi connectivity index (χ3v) is 3.88. The van der Waals surface area contributed by atoms with Gasteiger partial charge in [0.25, 0.3) is 0 Å². The summed E-state index contributed by atoms with van der Waals surface area (Å²) in [6, 6.07) is 7.86. The van der Waals surface area contributed by atoms with Gasteiger partial charge in [-0.2, -0.15) is 0 Å². The highest BCUT2D eigenvalue weighted by atomic mass is 16.2. The molecule has 1 atom stereocenters. The Bertz CT molecular complexity index is 525. The first-order chi connectivity index (χ1) is 9.97. The fourth-order valence-corrected chi connectivity index (χ4v) is 2.78. The molecule has 1 aliphatic rings. The van der Waals surface area contributed by atoms with Gasteiger partial charge >= 0.3 is 0 Å². The lowest BCUT2D eigenvalue weighted by Crippen LogP contribution is -2.33. The standard InChI is InChI=1S/C17H24N2O2/c1-12(2)11-19(3)16(20)9-8-14-10-13-6-4-5-7-15(13)18-17(14)21/h4-7,12,14H,8-11H2,1-3H3,(H,18,21). The molecule has 0 aromatic heterocycles. The summed E-state index contributed by atoms with van der Waals surface area (Å²) in [5, 5.41) is 2.93. The largest absolute Gasteiger partial charge is 0.346 e. The number of amides is 2. The molecule has 0 spiro atoms. The number of anilines is 1. The van der Waals surface area contributed by atoms with Crippen molar-refractivity contribution >= 4 is 17.5 Å². The molecule has 0 saturated heterocycles. The Labute approximate surface area is 126 Å². The Hall–Kier alpha value is -1.84. The van der Waals surface area contributed by atoms with Crippen LogP contribution in [0.1, 0.15) is 32.3 Å². The summed E-state index contributed by atoms with van der Waals surface area (Å²) in [5.74, 6) is 0.517. The van der Waals surface area contributed by atoms with Crippen LogP contribution in [0.15, 0.2) is 24.3 Å². The summed E-state index contributed by atoms with van der Waals surface area (Å²) < 4.78 is 0. The second-order valence-corrected chi connectivity index (χ2v) is 6.25. The second kappa shape index (κ2) is 6.74. The maximum atomic E-state index is 12.1. The molecular formula is C17H24N2O2. The first kappa shape index (κ1) is 15.5. The highest BCUT2D eigenvalue weighted by Gasteiger charge is 2.26. The van der Waals surface area contributed by atoms with Crippen molar-refractivity contribution in [1.82, 2.24) is 4.90 Å². The zero-order valence-electron chi connectivity index (χ0n) is 13.1. The lowest BCUT2D eigenvalue weighted by molar-refractivity contribution is -0.131. The lowest BCUT2D eigenvalue weighted by atomic mass is 9.89. The van der Waals surface area contributed by atoms with Crippen LogP contribution < -0.4 is 5.32 Å². The Morgan fingerprint density at radius 3 is 2.81 bits per heavy atom. The van der Waals surface area contributed by atoms with E-state index in [2.05, 4.69) is 19.2 Å². The molecule has 1 heterocycles. The number of hydrogen-bond acceptors (Lipinski definition) is 2. The first-order valence-corrected chi connectivity index (χ1v) is 7.60. The molecular weight excluding hydrogens is 264 g/mol. The summed E-state index contributed by atoms with van der Waals surface area (Å²) in [5.41, 5.74) is 2.06. The number of carbonyl (C=O) groups excluding carboxylic acids is 2. The van der Waals surface area contributed by atoms with Gasteiger partial charge in [-0.25, -0.2) is 0 Å². The van der Waals surface area contributed by atoms with Gasteiger partial charge in [-0.05, 0) is 30.4 Å². The minimum Gasteiger partial charge on any atom is -0.346 e. The Balaban J connectivity index is 1.89. The van der Waals surface area contributed by atoms with Crippen molar-refractivity contribution < 1.29 is 9.59 Å². The maximum Gasteiger partial charge on any atom is 0.227 e. The topological polar surface area (TPSA) is 49.4 Å². The number of carbonyl (C=O) groups is 2. The quantitative estimate of drug-likeness (QED) is 0.905. The molecule has 2 amide bonds. The lowest BCUT2D eigenvalue weighted by Gasteiger charge is -2.25. The van der Waals surface area contributed by atoms with Crippen LogP contribution in [0.25, 0.3) is 0 Å².